The first kappa shape index (κ1) is 35.0. The fourth-order valence-corrected chi connectivity index (χ4v) is 10.3. The first-order chi connectivity index (χ1) is 29.0. The van der Waals surface area contributed by atoms with Gasteiger partial charge in [-0.05, 0) is 114 Å². The minimum absolute atomic E-state index is 0.195. The Morgan fingerprint density at radius 2 is 0.780 bits per heavy atom. The van der Waals surface area contributed by atoms with Crippen molar-refractivity contribution in [1.29, 1.82) is 0 Å². The van der Waals surface area contributed by atoms with E-state index in [1.807, 2.05) is 0 Å². The molecule has 0 spiro atoms. The van der Waals surface area contributed by atoms with Crippen molar-refractivity contribution in [3.05, 3.63) is 258 Å². The highest BCUT2D eigenvalue weighted by Crippen LogP contribution is 2.64. The Kier molecular flexibility index (Phi) is 8.13. The lowest BCUT2D eigenvalue weighted by atomic mass is 9.66. The van der Waals surface area contributed by atoms with Gasteiger partial charge in [0.2, 0.25) is 0 Å². The summed E-state index contributed by atoms with van der Waals surface area (Å²) >= 11 is 0. The zero-order valence-electron chi connectivity index (χ0n) is 33.3. The van der Waals surface area contributed by atoms with Crippen LogP contribution >= 0.6 is 0 Å². The first-order valence-corrected chi connectivity index (χ1v) is 20.7. The molecule has 2 aliphatic rings. The van der Waals surface area contributed by atoms with E-state index in [0.717, 1.165) is 17.1 Å². The van der Waals surface area contributed by atoms with Gasteiger partial charge in [0.1, 0.15) is 0 Å². The van der Waals surface area contributed by atoms with Crippen LogP contribution < -0.4 is 4.90 Å². The van der Waals surface area contributed by atoms with E-state index in [4.69, 9.17) is 0 Å². The van der Waals surface area contributed by atoms with Gasteiger partial charge in [-0.1, -0.05) is 202 Å². The Morgan fingerprint density at radius 3 is 1.41 bits per heavy atom. The summed E-state index contributed by atoms with van der Waals surface area (Å²) in [6.07, 6.45) is 0. The van der Waals surface area contributed by atoms with Crippen LogP contribution in [0.5, 0.6) is 0 Å². The predicted molar refractivity (Wildman–Crippen MR) is 247 cm³/mol. The topological polar surface area (TPSA) is 3.24 Å². The van der Waals surface area contributed by atoms with Gasteiger partial charge < -0.3 is 4.90 Å². The Labute approximate surface area is 347 Å². The normalized spacial score (nSPS) is 13.9. The minimum Gasteiger partial charge on any atom is -0.310 e. The molecule has 0 aliphatic heterocycles. The second kappa shape index (κ2) is 13.7. The summed E-state index contributed by atoms with van der Waals surface area (Å²) in [4.78, 5) is 2.41. The maximum Gasteiger partial charge on any atom is 0.0713 e. The Balaban J connectivity index is 1.25. The number of anilines is 3. The summed E-state index contributed by atoms with van der Waals surface area (Å²) in [6, 6.07) is 82.9. The third-order valence-electron chi connectivity index (χ3n) is 12.9. The van der Waals surface area contributed by atoms with Crippen LogP contribution in [0.15, 0.2) is 224 Å². The van der Waals surface area contributed by atoms with Gasteiger partial charge in [0.25, 0.3) is 0 Å². The lowest BCUT2D eigenvalue weighted by molar-refractivity contribution is 0.656. The van der Waals surface area contributed by atoms with Crippen LogP contribution in [0.2, 0.25) is 0 Å². The highest BCUT2D eigenvalue weighted by molar-refractivity contribution is 6.06. The number of para-hydroxylation sites is 1. The predicted octanol–water partition coefficient (Wildman–Crippen LogP) is 15.2. The van der Waals surface area contributed by atoms with Gasteiger partial charge in [0, 0.05) is 22.5 Å². The molecule has 0 heterocycles. The molecule has 1 nitrogen and oxygen atoms in total. The number of rotatable bonds is 7. The Bertz CT molecular complexity index is 2930. The molecule has 11 rings (SSSR count). The summed E-state index contributed by atoms with van der Waals surface area (Å²) < 4.78 is 0. The zero-order chi connectivity index (χ0) is 39.6. The molecular weight excluding hydrogens is 711 g/mol. The summed E-state index contributed by atoms with van der Waals surface area (Å²) in [5.74, 6) is 0. The lowest BCUT2D eigenvalue weighted by Gasteiger charge is -2.35. The van der Waals surface area contributed by atoms with E-state index < -0.39 is 5.41 Å². The Hall–Kier alpha value is -7.22. The van der Waals surface area contributed by atoms with Gasteiger partial charge in [-0.3, -0.25) is 0 Å². The van der Waals surface area contributed by atoms with Crippen LogP contribution in [0, 0.1) is 0 Å². The van der Waals surface area contributed by atoms with Crippen LogP contribution in [0.1, 0.15) is 47.2 Å². The van der Waals surface area contributed by atoms with Gasteiger partial charge in [-0.25, -0.2) is 0 Å². The van der Waals surface area contributed by atoms with E-state index in [2.05, 4.69) is 243 Å². The van der Waals surface area contributed by atoms with Crippen molar-refractivity contribution in [3.63, 3.8) is 0 Å². The van der Waals surface area contributed by atoms with Crippen molar-refractivity contribution in [3.8, 4) is 44.5 Å². The monoisotopic (exact) mass is 753 g/mol. The van der Waals surface area contributed by atoms with Gasteiger partial charge in [-0.15, -0.1) is 0 Å². The molecule has 0 saturated carbocycles. The maximum atomic E-state index is 2.59. The SMILES string of the molecule is CC1(C)c2ccccc2-c2c1cc1c(c2-c2ccccc2)-c2cc(N(c3ccccc3)c3ccc(-c4ccccc4)cc3)ccc2C1(c1ccccc1)c1ccccc1. The quantitative estimate of drug-likeness (QED) is 0.157. The summed E-state index contributed by atoms with van der Waals surface area (Å²) in [5, 5.41) is 0. The average Bonchev–Trinajstić information content (AvgIpc) is 3.72. The number of nitrogens with zero attached hydrogens (tertiary/aromatic N) is 1. The molecule has 0 N–H and O–H groups in total. The maximum absolute atomic E-state index is 2.59. The van der Waals surface area contributed by atoms with E-state index in [0.29, 0.717) is 0 Å². The zero-order valence-corrected chi connectivity index (χ0v) is 33.3. The summed E-state index contributed by atoms with van der Waals surface area (Å²) in [7, 11) is 0. The van der Waals surface area contributed by atoms with E-state index >= 15 is 0 Å². The van der Waals surface area contributed by atoms with Crippen molar-refractivity contribution in [2.75, 3.05) is 4.90 Å². The number of hydrogen-bond acceptors (Lipinski definition) is 1. The van der Waals surface area contributed by atoms with Crippen molar-refractivity contribution in [2.24, 2.45) is 0 Å². The fraction of sp³-hybridized carbons (Fsp3) is 0.0690. The molecule has 0 amide bonds. The molecule has 0 radical (unpaired) electrons. The van der Waals surface area contributed by atoms with E-state index in [-0.39, 0.29) is 5.41 Å². The van der Waals surface area contributed by atoms with Crippen molar-refractivity contribution in [2.45, 2.75) is 24.7 Å². The largest absolute Gasteiger partial charge is 0.310 e. The number of hydrogen-bond donors (Lipinski definition) is 0. The van der Waals surface area contributed by atoms with Gasteiger partial charge in [-0.2, -0.15) is 0 Å². The summed E-state index contributed by atoms with van der Waals surface area (Å²) in [5.41, 5.74) is 20.7. The highest BCUT2D eigenvalue weighted by atomic mass is 15.1. The molecular formula is C58H43N. The second-order valence-corrected chi connectivity index (χ2v) is 16.4. The van der Waals surface area contributed by atoms with Gasteiger partial charge >= 0.3 is 0 Å². The molecule has 1 heteroatoms. The van der Waals surface area contributed by atoms with E-state index in [1.165, 1.54) is 77.9 Å². The van der Waals surface area contributed by atoms with Crippen LogP contribution in [0.4, 0.5) is 17.1 Å². The highest BCUT2D eigenvalue weighted by Gasteiger charge is 2.50. The molecule has 0 aromatic heterocycles. The third kappa shape index (κ3) is 5.31. The van der Waals surface area contributed by atoms with Crippen molar-refractivity contribution in [1.82, 2.24) is 0 Å². The smallest absolute Gasteiger partial charge is 0.0713 e. The molecule has 59 heavy (non-hydrogen) atoms. The third-order valence-corrected chi connectivity index (χ3v) is 12.9. The lowest BCUT2D eigenvalue weighted by Crippen LogP contribution is -2.29. The first-order valence-electron chi connectivity index (χ1n) is 20.7. The standard InChI is InChI=1S/C58H43N/c1-57(2)50-31-19-18-30-48(50)55-52(57)39-53-56(54(55)42-22-10-4-11-23-42)49-38-47(36-37-51(49)58(53,43-24-12-5-13-25-43)44-26-14-6-15-27-44)59(45-28-16-7-17-29-45)46-34-32-41(33-35-46)40-20-8-3-9-21-40/h3-39H,1-2H3. The summed E-state index contributed by atoms with van der Waals surface area (Å²) in [6.45, 7) is 4.82. The molecule has 280 valence electrons. The van der Waals surface area contributed by atoms with Crippen molar-refractivity contribution >= 4 is 17.1 Å². The van der Waals surface area contributed by atoms with Crippen LogP contribution in [-0.2, 0) is 10.8 Å². The van der Waals surface area contributed by atoms with E-state index in [1.54, 1.807) is 0 Å². The molecule has 0 unspecified atom stereocenters. The number of fused-ring (bicyclic) bond motifs is 6. The van der Waals surface area contributed by atoms with Crippen LogP contribution in [0.3, 0.4) is 0 Å². The molecule has 9 aromatic carbocycles. The molecule has 0 fully saturated rings. The molecule has 0 saturated heterocycles. The molecule has 9 aromatic rings. The molecule has 0 bridgehead atoms. The van der Waals surface area contributed by atoms with E-state index in [9.17, 15) is 0 Å². The molecule has 2 aliphatic carbocycles. The molecule has 0 atom stereocenters. The Morgan fingerprint density at radius 1 is 0.305 bits per heavy atom. The van der Waals surface area contributed by atoms with Gasteiger partial charge in [0.15, 0.2) is 0 Å². The second-order valence-electron chi connectivity index (χ2n) is 16.4. The fourth-order valence-electron chi connectivity index (χ4n) is 10.3. The minimum atomic E-state index is -0.565. The van der Waals surface area contributed by atoms with Crippen LogP contribution in [-0.4, -0.2) is 0 Å². The number of benzene rings is 9. The van der Waals surface area contributed by atoms with Crippen molar-refractivity contribution < 1.29 is 0 Å². The van der Waals surface area contributed by atoms with Crippen LogP contribution in [0.25, 0.3) is 44.5 Å². The average molecular weight is 754 g/mol. The van der Waals surface area contributed by atoms with Gasteiger partial charge in [0.05, 0.1) is 5.41 Å².